The molecule has 20 heteroatoms. The zero-order valence-electron chi connectivity index (χ0n) is 32.4. The minimum absolute atomic E-state index is 0.0192. The number of methoxy groups -OCH3 is 1. The standard InChI is InChI=1S/C23H17F3N4O3S.C18H16F3N5O/c1-11-3-5-12(6-4-11)21(31)30-17-8-7-13(20(27)29-17)14-9-16(23(24,25)26)28-18-15(14)10-34-19(18)22(32)33-2;1-10-5-3-4-6-11(10)17(27)24-15-8-7-12(16(22)23-15)13-9-14(18(19,20)21)25-26(13)2/h3-10H,1-2H3,(H3,27,29,30,31);3-9H,1-2H3,(H3,22,23,24,27). The number of carbonyl (C=O) groups excluding carboxylic acids is 3. The molecule has 0 aliphatic heterocycles. The maximum Gasteiger partial charge on any atom is 0.435 e. The van der Waals surface area contributed by atoms with Crippen LogP contribution in [0.1, 0.15) is 52.9 Å². The number of hydrogen-bond acceptors (Lipinski definition) is 11. The largest absolute Gasteiger partial charge is 0.465 e. The van der Waals surface area contributed by atoms with Crippen LogP contribution >= 0.6 is 11.3 Å². The molecule has 0 radical (unpaired) electrons. The third-order valence-corrected chi connectivity index (χ3v) is 9.95. The van der Waals surface area contributed by atoms with E-state index in [0.717, 1.165) is 46.4 Å². The number of benzene rings is 2. The van der Waals surface area contributed by atoms with Crippen molar-refractivity contribution in [2.24, 2.45) is 7.05 Å². The first kappa shape index (κ1) is 43.2. The maximum absolute atomic E-state index is 13.6. The van der Waals surface area contributed by atoms with Crippen LogP contribution in [0.3, 0.4) is 0 Å². The van der Waals surface area contributed by atoms with Gasteiger partial charge in [0.15, 0.2) is 5.69 Å². The number of anilines is 4. The van der Waals surface area contributed by atoms with Gasteiger partial charge in [-0.1, -0.05) is 35.9 Å². The molecule has 7 rings (SSSR count). The highest BCUT2D eigenvalue weighted by atomic mass is 32.1. The van der Waals surface area contributed by atoms with Gasteiger partial charge in [-0.25, -0.2) is 19.7 Å². The predicted octanol–water partition coefficient (Wildman–Crippen LogP) is 8.95. The van der Waals surface area contributed by atoms with E-state index in [9.17, 15) is 40.7 Å². The molecule has 5 heterocycles. The molecule has 7 aromatic rings. The van der Waals surface area contributed by atoms with Crippen LogP contribution in [0.5, 0.6) is 0 Å². The van der Waals surface area contributed by atoms with E-state index in [4.69, 9.17) is 11.5 Å². The molecule has 0 aliphatic carbocycles. The number of thiophene rings is 1. The normalized spacial score (nSPS) is 11.4. The first-order valence-corrected chi connectivity index (χ1v) is 18.6. The molecule has 0 fully saturated rings. The number of aryl methyl sites for hydroxylation is 3. The molecule has 6 N–H and O–H groups in total. The average molecular weight is 862 g/mol. The zero-order valence-corrected chi connectivity index (χ0v) is 33.2. The fourth-order valence-electron chi connectivity index (χ4n) is 5.92. The number of alkyl halides is 6. The molecule has 0 aliphatic rings. The molecule has 0 unspecified atom stereocenters. The molecule has 2 amide bonds. The summed E-state index contributed by atoms with van der Waals surface area (Å²) in [7, 11) is 2.52. The Morgan fingerprint density at radius 1 is 0.721 bits per heavy atom. The summed E-state index contributed by atoms with van der Waals surface area (Å²) in [6, 6.07) is 21.6. The first-order chi connectivity index (χ1) is 28.7. The number of ether oxygens (including phenoxy) is 1. The van der Waals surface area contributed by atoms with E-state index >= 15 is 0 Å². The van der Waals surface area contributed by atoms with Crippen LogP contribution in [-0.2, 0) is 24.1 Å². The summed E-state index contributed by atoms with van der Waals surface area (Å²) in [5.74, 6) is -1.35. The highest BCUT2D eigenvalue weighted by Crippen LogP contribution is 2.40. The van der Waals surface area contributed by atoms with E-state index in [-0.39, 0.29) is 62.0 Å². The van der Waals surface area contributed by atoms with E-state index in [1.54, 1.807) is 49.4 Å². The van der Waals surface area contributed by atoms with Crippen molar-refractivity contribution in [3.8, 4) is 22.4 Å². The molecular weight excluding hydrogens is 829 g/mol. The SMILES string of the molecule is COC(=O)c1scc2c(-c3ccc(NC(=O)c4ccc(C)cc4)nc3N)cc(C(F)(F)F)nc12.Cc1ccccc1C(=O)Nc1ccc(-c2cc(C(F)(F)F)nn2C)c(N)n1. The number of halogens is 6. The molecule has 5 aromatic heterocycles. The Balaban J connectivity index is 0.000000210. The van der Waals surface area contributed by atoms with Gasteiger partial charge in [0.2, 0.25) is 0 Å². The van der Waals surface area contributed by atoms with Gasteiger partial charge in [0.05, 0.1) is 18.3 Å². The van der Waals surface area contributed by atoms with Gasteiger partial charge in [-0.3, -0.25) is 14.3 Å². The van der Waals surface area contributed by atoms with Gasteiger partial charge in [0.25, 0.3) is 11.8 Å². The van der Waals surface area contributed by atoms with Gasteiger partial charge >= 0.3 is 18.3 Å². The summed E-state index contributed by atoms with van der Waals surface area (Å²) in [5, 5.41) is 10.5. The fraction of sp³-hybridized carbons (Fsp3) is 0.146. The van der Waals surface area contributed by atoms with Gasteiger partial charge in [-0.05, 0) is 79.6 Å². The number of nitrogen functional groups attached to an aromatic ring is 2. The Morgan fingerprint density at radius 3 is 1.87 bits per heavy atom. The van der Waals surface area contributed by atoms with E-state index < -0.39 is 35.6 Å². The number of esters is 1. The maximum atomic E-state index is 13.6. The van der Waals surface area contributed by atoms with Crippen molar-refractivity contribution in [1.82, 2.24) is 24.7 Å². The number of nitrogens with two attached hydrogens (primary N) is 2. The van der Waals surface area contributed by atoms with Crippen molar-refractivity contribution in [3.05, 3.63) is 129 Å². The van der Waals surface area contributed by atoms with Crippen LogP contribution in [0.25, 0.3) is 33.3 Å². The van der Waals surface area contributed by atoms with Crippen molar-refractivity contribution in [1.29, 1.82) is 0 Å². The molecule has 314 valence electrons. The number of nitrogens with one attached hydrogen (secondary N) is 2. The molecule has 0 atom stereocenters. The van der Waals surface area contributed by atoms with Crippen LogP contribution < -0.4 is 22.1 Å². The topological polar surface area (TPSA) is 193 Å². The zero-order chi connectivity index (χ0) is 44.4. The lowest BCUT2D eigenvalue weighted by molar-refractivity contribution is -0.142. The van der Waals surface area contributed by atoms with E-state index in [1.807, 2.05) is 13.0 Å². The van der Waals surface area contributed by atoms with Crippen LogP contribution in [0, 0.1) is 13.8 Å². The minimum Gasteiger partial charge on any atom is -0.465 e. The third kappa shape index (κ3) is 9.59. The minimum atomic E-state index is -4.76. The molecule has 0 bridgehead atoms. The van der Waals surface area contributed by atoms with E-state index in [2.05, 4.69) is 35.4 Å². The molecule has 2 aromatic carbocycles. The second-order valence-electron chi connectivity index (χ2n) is 13.3. The highest BCUT2D eigenvalue weighted by Gasteiger charge is 2.36. The Bertz CT molecular complexity index is 2800. The third-order valence-electron chi connectivity index (χ3n) is 9.00. The van der Waals surface area contributed by atoms with Crippen molar-refractivity contribution in [2.75, 3.05) is 29.2 Å². The Morgan fingerprint density at radius 2 is 1.31 bits per heavy atom. The van der Waals surface area contributed by atoms with Gasteiger partial charge in [0.1, 0.15) is 33.8 Å². The number of nitrogens with zero attached hydrogens (tertiary/aromatic N) is 5. The average Bonchev–Trinajstić information content (AvgIpc) is 3.82. The number of carbonyl (C=O) groups is 3. The number of amides is 2. The summed E-state index contributed by atoms with van der Waals surface area (Å²) in [6.07, 6.45) is -9.32. The van der Waals surface area contributed by atoms with Crippen LogP contribution in [0.15, 0.2) is 90.3 Å². The number of fused-ring (bicyclic) bond motifs is 1. The van der Waals surface area contributed by atoms with Crippen molar-refractivity contribution in [2.45, 2.75) is 26.2 Å². The van der Waals surface area contributed by atoms with Crippen molar-refractivity contribution in [3.63, 3.8) is 0 Å². The number of aromatic nitrogens is 5. The quantitative estimate of drug-likeness (QED) is 0.0888. The van der Waals surface area contributed by atoms with E-state index in [1.165, 1.54) is 36.7 Å². The Hall–Kier alpha value is -7.35. The Kier molecular flexibility index (Phi) is 12.1. The number of rotatable bonds is 7. The van der Waals surface area contributed by atoms with Crippen molar-refractivity contribution < 1.29 is 45.5 Å². The molecular formula is C41H33F6N9O4S. The van der Waals surface area contributed by atoms with Crippen molar-refractivity contribution >= 4 is 63.3 Å². The fourth-order valence-corrected chi connectivity index (χ4v) is 6.84. The van der Waals surface area contributed by atoms with Crippen LogP contribution in [0.2, 0.25) is 0 Å². The lowest BCUT2D eigenvalue weighted by Crippen LogP contribution is -2.14. The molecule has 0 saturated heterocycles. The van der Waals surface area contributed by atoms with Gasteiger partial charge < -0.3 is 26.8 Å². The monoisotopic (exact) mass is 861 g/mol. The summed E-state index contributed by atoms with van der Waals surface area (Å²) in [5.41, 5.74) is 13.1. The summed E-state index contributed by atoms with van der Waals surface area (Å²) in [4.78, 5) is 48.6. The molecule has 0 saturated carbocycles. The lowest BCUT2D eigenvalue weighted by atomic mass is 10.0. The summed E-state index contributed by atoms with van der Waals surface area (Å²) >= 11 is 0.917. The molecule has 61 heavy (non-hydrogen) atoms. The van der Waals surface area contributed by atoms with Crippen LogP contribution in [0.4, 0.5) is 49.6 Å². The second-order valence-corrected chi connectivity index (χ2v) is 14.1. The predicted molar refractivity (Wildman–Crippen MR) is 218 cm³/mol. The highest BCUT2D eigenvalue weighted by molar-refractivity contribution is 7.13. The molecule has 0 spiro atoms. The van der Waals surface area contributed by atoms with E-state index in [0.29, 0.717) is 16.5 Å². The summed E-state index contributed by atoms with van der Waals surface area (Å²) in [6.45, 7) is 3.70. The number of hydrogen-bond donors (Lipinski definition) is 4. The number of pyridine rings is 3. The molecule has 13 nitrogen and oxygen atoms in total. The van der Waals surface area contributed by atoms with Gasteiger partial charge in [0, 0.05) is 40.1 Å². The first-order valence-electron chi connectivity index (χ1n) is 17.7. The smallest absolute Gasteiger partial charge is 0.435 e. The summed E-state index contributed by atoms with van der Waals surface area (Å²) < 4.78 is 84.9. The van der Waals surface area contributed by atoms with Gasteiger partial charge in [-0.15, -0.1) is 11.3 Å². The second kappa shape index (κ2) is 17.1. The Labute approximate surface area is 346 Å². The van der Waals surface area contributed by atoms with Crippen LogP contribution in [-0.4, -0.2) is 49.6 Å². The lowest BCUT2D eigenvalue weighted by Gasteiger charge is -2.13. The van der Waals surface area contributed by atoms with Gasteiger partial charge in [-0.2, -0.15) is 31.4 Å².